The first-order valence-corrected chi connectivity index (χ1v) is 6.82. The van der Waals surface area contributed by atoms with Crippen molar-refractivity contribution in [1.29, 1.82) is 0 Å². The fourth-order valence-electron chi connectivity index (χ4n) is 2.73. The highest BCUT2D eigenvalue weighted by molar-refractivity contribution is 5.82. The molecule has 3 nitrogen and oxygen atoms in total. The molecule has 0 amide bonds. The summed E-state index contributed by atoms with van der Waals surface area (Å²) in [6, 6.07) is 6.93. The predicted octanol–water partition coefficient (Wildman–Crippen LogP) is 3.68. The number of phenolic OH excluding ortho intramolecular Hbond substituents is 2. The molecule has 0 bridgehead atoms. The molecule has 102 valence electrons. The van der Waals surface area contributed by atoms with E-state index in [1.165, 1.54) is 22.8 Å². The highest BCUT2D eigenvalue weighted by atomic mass is 16.3. The molecule has 1 aliphatic carbocycles. The Kier molecular flexibility index (Phi) is 3.18. The van der Waals surface area contributed by atoms with E-state index in [0.29, 0.717) is 0 Å². The zero-order valence-corrected chi connectivity index (χ0v) is 11.4. The summed E-state index contributed by atoms with van der Waals surface area (Å²) < 4.78 is 0. The maximum atomic E-state index is 9.57. The van der Waals surface area contributed by atoms with Crippen molar-refractivity contribution < 1.29 is 10.2 Å². The van der Waals surface area contributed by atoms with Gasteiger partial charge in [0.05, 0.1) is 5.69 Å². The van der Waals surface area contributed by atoms with Crippen LogP contribution in [0.15, 0.2) is 30.5 Å². The first-order chi connectivity index (χ1) is 9.65. The Morgan fingerprint density at radius 2 is 1.95 bits per heavy atom. The van der Waals surface area contributed by atoms with E-state index >= 15 is 0 Å². The number of aromatic nitrogens is 1. The molecular formula is C17H17NO2. The summed E-state index contributed by atoms with van der Waals surface area (Å²) >= 11 is 0. The number of aryl methyl sites for hydroxylation is 1. The van der Waals surface area contributed by atoms with E-state index in [4.69, 9.17) is 0 Å². The largest absolute Gasteiger partial charge is 0.504 e. The van der Waals surface area contributed by atoms with Crippen LogP contribution in [0, 0.1) is 6.92 Å². The summed E-state index contributed by atoms with van der Waals surface area (Å²) in [7, 11) is 0. The number of allylic oxidation sites excluding steroid dienone is 1. The minimum Gasteiger partial charge on any atom is -0.504 e. The van der Waals surface area contributed by atoms with Gasteiger partial charge in [0.1, 0.15) is 0 Å². The Hall–Kier alpha value is -2.29. The zero-order valence-electron chi connectivity index (χ0n) is 11.4. The lowest BCUT2D eigenvalue weighted by molar-refractivity contribution is 0.403. The molecule has 3 heteroatoms. The molecule has 2 aromatic rings. The lowest BCUT2D eigenvalue weighted by atomic mass is 9.88. The second kappa shape index (κ2) is 5.00. The zero-order chi connectivity index (χ0) is 14.1. The van der Waals surface area contributed by atoms with Crippen LogP contribution in [0.2, 0.25) is 0 Å². The third kappa shape index (κ3) is 2.27. The van der Waals surface area contributed by atoms with Crippen molar-refractivity contribution >= 4 is 11.6 Å². The third-order valence-electron chi connectivity index (χ3n) is 3.81. The molecule has 1 aromatic carbocycles. The fourth-order valence-corrected chi connectivity index (χ4v) is 2.73. The monoisotopic (exact) mass is 267 g/mol. The summed E-state index contributed by atoms with van der Waals surface area (Å²) in [5.74, 6) is -0.183. The Morgan fingerprint density at radius 1 is 1.10 bits per heavy atom. The Labute approximate surface area is 118 Å². The predicted molar refractivity (Wildman–Crippen MR) is 79.6 cm³/mol. The van der Waals surface area contributed by atoms with Crippen molar-refractivity contribution in [2.24, 2.45) is 0 Å². The number of hydrogen-bond donors (Lipinski definition) is 2. The molecule has 3 rings (SSSR count). The van der Waals surface area contributed by atoms with Crippen molar-refractivity contribution in [1.82, 2.24) is 4.98 Å². The van der Waals surface area contributed by atoms with Crippen LogP contribution in [0.4, 0.5) is 0 Å². The lowest BCUT2D eigenvalue weighted by Crippen LogP contribution is -2.06. The van der Waals surface area contributed by atoms with Gasteiger partial charge >= 0.3 is 0 Å². The number of fused-ring (bicyclic) bond motifs is 1. The molecule has 0 fully saturated rings. The van der Waals surface area contributed by atoms with Crippen LogP contribution in [-0.2, 0) is 6.42 Å². The van der Waals surface area contributed by atoms with E-state index in [9.17, 15) is 10.2 Å². The van der Waals surface area contributed by atoms with Crippen LogP contribution >= 0.6 is 0 Å². The van der Waals surface area contributed by atoms with Crippen LogP contribution in [0.3, 0.4) is 0 Å². The number of benzene rings is 1. The molecule has 0 saturated carbocycles. The van der Waals surface area contributed by atoms with Gasteiger partial charge in [-0.3, -0.25) is 4.98 Å². The van der Waals surface area contributed by atoms with Gasteiger partial charge in [0.2, 0.25) is 0 Å². The third-order valence-corrected chi connectivity index (χ3v) is 3.81. The minimum absolute atomic E-state index is 0.0902. The molecule has 0 unspecified atom stereocenters. The van der Waals surface area contributed by atoms with Crippen molar-refractivity contribution in [3.63, 3.8) is 0 Å². The number of rotatable bonds is 1. The molecular weight excluding hydrogens is 250 g/mol. The van der Waals surface area contributed by atoms with E-state index in [2.05, 4.69) is 11.9 Å². The second-order valence-corrected chi connectivity index (χ2v) is 5.23. The molecule has 1 heterocycles. The van der Waals surface area contributed by atoms with Crippen molar-refractivity contribution in [2.45, 2.75) is 26.2 Å². The van der Waals surface area contributed by atoms with Crippen molar-refractivity contribution in [3.8, 4) is 11.5 Å². The molecule has 0 saturated heterocycles. The Bertz CT molecular complexity index is 689. The van der Waals surface area contributed by atoms with E-state index in [-0.39, 0.29) is 11.5 Å². The molecule has 1 aromatic heterocycles. The molecule has 0 aliphatic heterocycles. The maximum Gasteiger partial charge on any atom is 0.157 e. The van der Waals surface area contributed by atoms with Crippen LogP contribution in [0.25, 0.3) is 11.6 Å². The van der Waals surface area contributed by atoms with Gasteiger partial charge in [-0.05, 0) is 72.7 Å². The van der Waals surface area contributed by atoms with Crippen molar-refractivity contribution in [3.05, 3.63) is 52.8 Å². The highest BCUT2D eigenvalue weighted by Gasteiger charge is 2.17. The summed E-state index contributed by atoms with van der Waals surface area (Å²) in [4.78, 5) is 4.52. The van der Waals surface area contributed by atoms with Gasteiger partial charge in [0, 0.05) is 6.20 Å². The van der Waals surface area contributed by atoms with Crippen LogP contribution < -0.4 is 0 Å². The highest BCUT2D eigenvalue weighted by Crippen LogP contribution is 2.33. The van der Waals surface area contributed by atoms with Crippen molar-refractivity contribution in [2.75, 3.05) is 0 Å². The average Bonchev–Trinajstić information content (AvgIpc) is 2.44. The molecule has 0 spiro atoms. The number of nitrogens with zero attached hydrogens (tertiary/aromatic N) is 1. The standard InChI is InChI=1S/C17H17NO2/c1-11-7-8-18-17-13(3-2-4-14(11)17)9-12-5-6-15(19)16(20)10-12/h5-10,19-20H,2-4H2,1H3/b13-9+. The maximum absolute atomic E-state index is 9.57. The van der Waals surface area contributed by atoms with Crippen LogP contribution in [0.5, 0.6) is 11.5 Å². The first-order valence-electron chi connectivity index (χ1n) is 6.82. The molecule has 2 N–H and O–H groups in total. The van der Waals surface area contributed by atoms with E-state index < -0.39 is 0 Å². The molecule has 0 atom stereocenters. The quantitative estimate of drug-likeness (QED) is 0.775. The molecule has 20 heavy (non-hydrogen) atoms. The normalized spacial score (nSPS) is 16.1. The van der Waals surface area contributed by atoms with Gasteiger partial charge in [0.15, 0.2) is 11.5 Å². The number of aromatic hydroxyl groups is 2. The second-order valence-electron chi connectivity index (χ2n) is 5.23. The summed E-state index contributed by atoms with van der Waals surface area (Å²) in [5, 5.41) is 18.9. The van der Waals surface area contributed by atoms with E-state index in [1.54, 1.807) is 12.1 Å². The minimum atomic E-state index is -0.0924. The fraction of sp³-hybridized carbons (Fsp3) is 0.235. The summed E-state index contributed by atoms with van der Waals surface area (Å²) in [6.07, 6.45) is 7.08. The smallest absolute Gasteiger partial charge is 0.157 e. The number of pyridine rings is 1. The van der Waals surface area contributed by atoms with Gasteiger partial charge in [0.25, 0.3) is 0 Å². The van der Waals surface area contributed by atoms with Gasteiger partial charge in [-0.1, -0.05) is 6.07 Å². The first kappa shape index (κ1) is 12.7. The topological polar surface area (TPSA) is 53.4 Å². The average molecular weight is 267 g/mol. The van der Waals surface area contributed by atoms with E-state index in [0.717, 1.165) is 30.5 Å². The summed E-state index contributed by atoms with van der Waals surface area (Å²) in [5.41, 5.74) is 5.76. The Morgan fingerprint density at radius 3 is 2.75 bits per heavy atom. The summed E-state index contributed by atoms with van der Waals surface area (Å²) in [6.45, 7) is 2.12. The Balaban J connectivity index is 2.05. The molecule has 0 radical (unpaired) electrons. The lowest BCUT2D eigenvalue weighted by Gasteiger charge is -2.19. The van der Waals surface area contributed by atoms with E-state index in [1.807, 2.05) is 18.3 Å². The SMILES string of the molecule is Cc1ccnc2c1CCC/C2=C\c1ccc(O)c(O)c1. The van der Waals surface area contributed by atoms with Crippen LogP contribution in [0.1, 0.15) is 35.2 Å². The van der Waals surface area contributed by atoms with Gasteiger partial charge in [-0.25, -0.2) is 0 Å². The van der Waals surface area contributed by atoms with Gasteiger partial charge in [-0.2, -0.15) is 0 Å². The number of phenols is 2. The molecule has 1 aliphatic rings. The number of hydrogen-bond acceptors (Lipinski definition) is 3. The van der Waals surface area contributed by atoms with Gasteiger partial charge in [-0.15, -0.1) is 0 Å². The van der Waals surface area contributed by atoms with Crippen LogP contribution in [-0.4, -0.2) is 15.2 Å². The van der Waals surface area contributed by atoms with Gasteiger partial charge < -0.3 is 10.2 Å².